The van der Waals surface area contributed by atoms with Crippen LogP contribution in [-0.2, 0) is 20.1 Å². The van der Waals surface area contributed by atoms with Crippen LogP contribution in [0.2, 0.25) is 0 Å². The number of aryl methyl sites for hydroxylation is 2. The number of rotatable bonds is 8. The second kappa shape index (κ2) is 9.10. The molecule has 1 N–H and O–H groups in total. The van der Waals surface area contributed by atoms with Gasteiger partial charge in [-0.2, -0.15) is 0 Å². The summed E-state index contributed by atoms with van der Waals surface area (Å²) in [5.41, 5.74) is 3.12. The summed E-state index contributed by atoms with van der Waals surface area (Å²) in [6, 6.07) is 5.79. The van der Waals surface area contributed by atoms with Gasteiger partial charge in [-0.15, -0.1) is 11.6 Å². The Hall–Kier alpha value is -0.910. The molecule has 0 bridgehead atoms. The molecule has 0 saturated carbocycles. The van der Waals surface area contributed by atoms with Gasteiger partial charge in [0.05, 0.1) is 12.4 Å². The quantitative estimate of drug-likeness (QED) is 0.750. The molecule has 0 aliphatic rings. The Kier molecular flexibility index (Phi) is 7.80. The van der Waals surface area contributed by atoms with Gasteiger partial charge in [0, 0.05) is 18.0 Å². The predicted octanol–water partition coefficient (Wildman–Crippen LogP) is 2.94. The molecule has 0 aliphatic carbocycles. The van der Waals surface area contributed by atoms with Crippen LogP contribution in [0.15, 0.2) is 18.2 Å². The Morgan fingerprint density at radius 3 is 2.75 bits per heavy atom. The summed E-state index contributed by atoms with van der Waals surface area (Å²) in [5, 5.41) is 2.83. The summed E-state index contributed by atoms with van der Waals surface area (Å²) >= 11 is 4.07. The Morgan fingerprint density at radius 2 is 2.10 bits per heavy atom. The number of carbonyl (C=O) groups is 1. The van der Waals surface area contributed by atoms with Crippen molar-refractivity contribution >= 4 is 34.3 Å². The average molecular weight is 318 g/mol. The fourth-order valence-corrected chi connectivity index (χ4v) is 2.51. The van der Waals surface area contributed by atoms with Crippen molar-refractivity contribution in [3.8, 4) is 0 Å². The summed E-state index contributed by atoms with van der Waals surface area (Å²) in [6.07, 6.45) is 0.842. The maximum Gasteiger partial charge on any atom is 0.224 e. The van der Waals surface area contributed by atoms with Crippen LogP contribution in [0.3, 0.4) is 0 Å². The average Bonchev–Trinajstić information content (AvgIpc) is 2.40. The van der Waals surface area contributed by atoms with Gasteiger partial charge >= 0.3 is 0 Å². The zero-order valence-corrected chi connectivity index (χ0v) is 13.4. The number of nitrogens with one attached hydrogen (secondary N) is 1. The minimum atomic E-state index is -1.35. The van der Waals surface area contributed by atoms with Crippen LogP contribution in [-0.4, -0.2) is 28.4 Å². The van der Waals surface area contributed by atoms with E-state index in [1.807, 2.05) is 32.0 Å². The first kappa shape index (κ1) is 17.1. The van der Waals surface area contributed by atoms with E-state index in [1.54, 1.807) is 0 Å². The van der Waals surface area contributed by atoms with Crippen molar-refractivity contribution < 1.29 is 13.2 Å². The number of hydrogen-bond donors (Lipinski definition) is 1. The zero-order valence-electron chi connectivity index (χ0n) is 11.8. The van der Waals surface area contributed by atoms with Gasteiger partial charge in [-0.25, -0.2) is 4.21 Å². The van der Waals surface area contributed by atoms with Gasteiger partial charge in [0.15, 0.2) is 11.1 Å². The van der Waals surface area contributed by atoms with Crippen molar-refractivity contribution in [3.05, 3.63) is 29.3 Å². The zero-order chi connectivity index (χ0) is 15.0. The first-order chi connectivity index (χ1) is 9.52. The fourth-order valence-electron chi connectivity index (χ4n) is 1.58. The topological polar surface area (TPSA) is 55.4 Å². The van der Waals surface area contributed by atoms with E-state index >= 15 is 0 Å². The molecule has 112 valence electrons. The molecule has 1 unspecified atom stereocenters. The smallest absolute Gasteiger partial charge is 0.224 e. The van der Waals surface area contributed by atoms with Crippen LogP contribution < -0.4 is 5.32 Å². The second-order valence-corrected chi connectivity index (χ2v) is 6.10. The van der Waals surface area contributed by atoms with Crippen molar-refractivity contribution in [3.63, 3.8) is 0 Å². The summed E-state index contributed by atoms with van der Waals surface area (Å²) in [4.78, 5) is 11.7. The second-order valence-electron chi connectivity index (χ2n) is 4.47. The highest BCUT2D eigenvalue weighted by Gasteiger charge is 2.06. The molecule has 1 rings (SSSR count). The Bertz CT molecular complexity index is 479. The molecular weight excluding hydrogens is 298 g/mol. The summed E-state index contributed by atoms with van der Waals surface area (Å²) in [5.74, 6) is 0.582. The van der Waals surface area contributed by atoms with E-state index in [4.69, 9.17) is 15.8 Å². The lowest BCUT2D eigenvalue weighted by molar-refractivity contribution is -0.116. The Balaban J connectivity index is 2.29. The molecule has 0 saturated heterocycles. The lowest BCUT2D eigenvalue weighted by Gasteiger charge is -2.07. The third kappa shape index (κ3) is 6.50. The van der Waals surface area contributed by atoms with Crippen LogP contribution in [0.5, 0.6) is 0 Å². The minimum Gasteiger partial charge on any atom is -0.326 e. The highest BCUT2D eigenvalue weighted by atomic mass is 35.5. The molecule has 1 atom stereocenters. The van der Waals surface area contributed by atoms with E-state index in [0.717, 1.165) is 11.3 Å². The van der Waals surface area contributed by atoms with Crippen molar-refractivity contribution in [2.24, 2.45) is 0 Å². The number of carbonyl (C=O) groups excluding carboxylic acids is 1. The van der Waals surface area contributed by atoms with Crippen LogP contribution in [0.25, 0.3) is 0 Å². The molecule has 0 aromatic heterocycles. The summed E-state index contributed by atoms with van der Waals surface area (Å²) < 4.78 is 16.3. The SMILES string of the molecule is Cc1ccc(NC(=O)CCCS(=O)OCCCl)cc1C. The van der Waals surface area contributed by atoms with E-state index in [-0.39, 0.29) is 12.5 Å². The monoisotopic (exact) mass is 317 g/mol. The van der Waals surface area contributed by atoms with E-state index in [0.29, 0.717) is 24.5 Å². The minimum absolute atomic E-state index is 0.0809. The Labute approximate surface area is 127 Å². The molecule has 20 heavy (non-hydrogen) atoms. The lowest BCUT2D eigenvalue weighted by atomic mass is 10.1. The van der Waals surface area contributed by atoms with E-state index in [1.165, 1.54) is 5.56 Å². The molecule has 0 spiro atoms. The molecule has 6 heteroatoms. The van der Waals surface area contributed by atoms with Crippen molar-refractivity contribution in [2.45, 2.75) is 26.7 Å². The molecule has 0 heterocycles. The predicted molar refractivity (Wildman–Crippen MR) is 83.5 cm³/mol. The Morgan fingerprint density at radius 1 is 1.35 bits per heavy atom. The molecule has 1 aromatic rings. The third-order valence-corrected chi connectivity index (χ3v) is 4.00. The normalized spacial score (nSPS) is 12.2. The number of amides is 1. The fraction of sp³-hybridized carbons (Fsp3) is 0.500. The molecule has 0 radical (unpaired) electrons. The van der Waals surface area contributed by atoms with Crippen LogP contribution in [0, 0.1) is 13.8 Å². The summed E-state index contributed by atoms with van der Waals surface area (Å²) in [7, 11) is 0. The third-order valence-electron chi connectivity index (χ3n) is 2.80. The number of benzene rings is 1. The molecule has 0 fully saturated rings. The number of anilines is 1. The van der Waals surface area contributed by atoms with E-state index < -0.39 is 11.1 Å². The molecule has 4 nitrogen and oxygen atoms in total. The van der Waals surface area contributed by atoms with Crippen molar-refractivity contribution in [2.75, 3.05) is 23.6 Å². The van der Waals surface area contributed by atoms with Crippen molar-refractivity contribution in [1.29, 1.82) is 0 Å². The van der Waals surface area contributed by atoms with Gasteiger partial charge in [-0.1, -0.05) is 6.07 Å². The van der Waals surface area contributed by atoms with Gasteiger partial charge in [0.2, 0.25) is 5.91 Å². The highest BCUT2D eigenvalue weighted by molar-refractivity contribution is 7.80. The molecule has 1 aromatic carbocycles. The van der Waals surface area contributed by atoms with Crippen LogP contribution in [0.4, 0.5) is 5.69 Å². The van der Waals surface area contributed by atoms with Crippen molar-refractivity contribution in [1.82, 2.24) is 0 Å². The standard InChI is InChI=1S/C14H20ClNO3S/c1-11-5-6-13(10-12(11)2)16-14(17)4-3-9-20(18)19-8-7-15/h5-6,10H,3-4,7-9H2,1-2H3,(H,16,17). The number of alkyl halides is 1. The van der Waals surface area contributed by atoms with Gasteiger partial charge in [-0.05, 0) is 43.5 Å². The first-order valence-corrected chi connectivity index (χ1v) is 8.25. The van der Waals surface area contributed by atoms with E-state index in [9.17, 15) is 9.00 Å². The largest absolute Gasteiger partial charge is 0.326 e. The number of halogens is 1. The van der Waals surface area contributed by atoms with E-state index in [2.05, 4.69) is 5.32 Å². The number of hydrogen-bond acceptors (Lipinski definition) is 3. The first-order valence-electron chi connectivity index (χ1n) is 6.47. The van der Waals surface area contributed by atoms with Crippen LogP contribution in [0.1, 0.15) is 24.0 Å². The van der Waals surface area contributed by atoms with Gasteiger partial charge in [0.1, 0.15) is 0 Å². The van der Waals surface area contributed by atoms with Gasteiger partial charge in [0.25, 0.3) is 0 Å². The maximum atomic E-state index is 11.7. The molecule has 0 aliphatic heterocycles. The van der Waals surface area contributed by atoms with Gasteiger partial charge < -0.3 is 5.32 Å². The van der Waals surface area contributed by atoms with Crippen LogP contribution >= 0.6 is 11.6 Å². The molecular formula is C14H20ClNO3S. The van der Waals surface area contributed by atoms with Gasteiger partial charge in [-0.3, -0.25) is 8.98 Å². The molecule has 1 amide bonds. The highest BCUT2D eigenvalue weighted by Crippen LogP contribution is 2.14. The summed E-state index contributed by atoms with van der Waals surface area (Å²) in [6.45, 7) is 4.29. The lowest BCUT2D eigenvalue weighted by Crippen LogP contribution is -2.13. The maximum absolute atomic E-state index is 11.7.